The van der Waals surface area contributed by atoms with E-state index in [4.69, 9.17) is 9.26 Å². The third kappa shape index (κ3) is 4.37. The van der Waals surface area contributed by atoms with Crippen LogP contribution in [0.3, 0.4) is 0 Å². The standard InChI is InChI=1S/C16H21N3O5S/c1-11-16(12(2)24-18-11)25(21,22)19(3)10-15(20)17-9-13-6-5-7-14(8-13)23-4/h5-8H,9-10H2,1-4H3,(H,17,20). The summed E-state index contributed by atoms with van der Waals surface area (Å²) in [6, 6.07) is 7.25. The fraction of sp³-hybridized carbons (Fsp3) is 0.375. The lowest BCUT2D eigenvalue weighted by molar-refractivity contribution is -0.121. The molecule has 0 aliphatic carbocycles. The Hall–Kier alpha value is -2.39. The summed E-state index contributed by atoms with van der Waals surface area (Å²) in [5.41, 5.74) is 1.12. The maximum atomic E-state index is 12.6. The van der Waals surface area contributed by atoms with Crippen molar-refractivity contribution < 1.29 is 22.5 Å². The van der Waals surface area contributed by atoms with Gasteiger partial charge in [0, 0.05) is 13.6 Å². The Morgan fingerprint density at radius 2 is 2.08 bits per heavy atom. The second-order valence-electron chi connectivity index (χ2n) is 5.54. The van der Waals surface area contributed by atoms with E-state index in [-0.39, 0.29) is 29.4 Å². The number of methoxy groups -OCH3 is 1. The van der Waals surface area contributed by atoms with Crippen molar-refractivity contribution in [2.75, 3.05) is 20.7 Å². The van der Waals surface area contributed by atoms with Crippen molar-refractivity contribution in [2.24, 2.45) is 0 Å². The number of carbonyl (C=O) groups excluding carboxylic acids is 1. The number of ether oxygens (including phenoxy) is 1. The average Bonchev–Trinajstić information content (AvgIpc) is 2.92. The molecule has 8 nitrogen and oxygen atoms in total. The van der Waals surface area contributed by atoms with Gasteiger partial charge in [-0.2, -0.15) is 4.31 Å². The number of hydrogen-bond acceptors (Lipinski definition) is 6. The Balaban J connectivity index is 2.00. The number of carbonyl (C=O) groups is 1. The van der Waals surface area contributed by atoms with E-state index in [0.717, 1.165) is 9.87 Å². The molecular weight excluding hydrogens is 346 g/mol. The lowest BCUT2D eigenvalue weighted by Gasteiger charge is -2.16. The van der Waals surface area contributed by atoms with Crippen LogP contribution in [-0.2, 0) is 21.4 Å². The normalized spacial score (nSPS) is 11.6. The highest BCUT2D eigenvalue weighted by molar-refractivity contribution is 7.89. The van der Waals surface area contributed by atoms with Crippen LogP contribution in [0.2, 0.25) is 0 Å². The summed E-state index contributed by atoms with van der Waals surface area (Å²) in [6.45, 7) is 3.02. The fourth-order valence-electron chi connectivity index (χ4n) is 2.32. The summed E-state index contributed by atoms with van der Waals surface area (Å²) in [6.07, 6.45) is 0. The van der Waals surface area contributed by atoms with Gasteiger partial charge in [-0.05, 0) is 31.5 Å². The highest BCUT2D eigenvalue weighted by Crippen LogP contribution is 2.22. The van der Waals surface area contributed by atoms with Crippen molar-refractivity contribution >= 4 is 15.9 Å². The number of hydrogen-bond donors (Lipinski definition) is 1. The van der Waals surface area contributed by atoms with E-state index in [0.29, 0.717) is 5.75 Å². The minimum Gasteiger partial charge on any atom is -0.497 e. The zero-order valence-corrected chi connectivity index (χ0v) is 15.4. The van der Waals surface area contributed by atoms with Gasteiger partial charge in [-0.1, -0.05) is 17.3 Å². The zero-order chi connectivity index (χ0) is 18.6. The van der Waals surface area contributed by atoms with Gasteiger partial charge < -0.3 is 14.6 Å². The van der Waals surface area contributed by atoms with Crippen LogP contribution >= 0.6 is 0 Å². The van der Waals surface area contributed by atoms with E-state index in [1.54, 1.807) is 26.2 Å². The highest BCUT2D eigenvalue weighted by Gasteiger charge is 2.29. The van der Waals surface area contributed by atoms with E-state index in [9.17, 15) is 13.2 Å². The minimum absolute atomic E-state index is 0.00408. The topological polar surface area (TPSA) is 102 Å². The molecule has 25 heavy (non-hydrogen) atoms. The number of nitrogens with one attached hydrogen (secondary N) is 1. The average molecular weight is 367 g/mol. The van der Waals surface area contributed by atoms with Gasteiger partial charge in [0.2, 0.25) is 15.9 Å². The third-order valence-electron chi connectivity index (χ3n) is 3.63. The van der Waals surface area contributed by atoms with Gasteiger partial charge in [-0.25, -0.2) is 8.42 Å². The van der Waals surface area contributed by atoms with Crippen LogP contribution in [-0.4, -0.2) is 44.5 Å². The number of aromatic nitrogens is 1. The van der Waals surface area contributed by atoms with E-state index in [1.807, 2.05) is 12.1 Å². The van der Waals surface area contributed by atoms with Gasteiger partial charge in [0.15, 0.2) is 5.76 Å². The van der Waals surface area contributed by atoms with Crippen molar-refractivity contribution in [3.8, 4) is 5.75 Å². The first-order valence-corrected chi connectivity index (χ1v) is 8.98. The van der Waals surface area contributed by atoms with E-state index in [2.05, 4.69) is 10.5 Å². The number of sulfonamides is 1. The molecule has 0 aliphatic heterocycles. The SMILES string of the molecule is COc1cccc(CNC(=O)CN(C)S(=O)(=O)c2c(C)noc2C)c1. The molecule has 0 radical (unpaired) electrons. The van der Waals surface area contributed by atoms with E-state index < -0.39 is 15.9 Å². The van der Waals surface area contributed by atoms with Crippen molar-refractivity contribution in [2.45, 2.75) is 25.3 Å². The second-order valence-corrected chi connectivity index (χ2v) is 7.52. The smallest absolute Gasteiger partial charge is 0.248 e. The number of likely N-dealkylation sites (N-methyl/N-ethyl adjacent to an activating group) is 1. The van der Waals surface area contributed by atoms with Gasteiger partial charge in [-0.15, -0.1) is 0 Å². The predicted molar refractivity (Wildman–Crippen MR) is 90.6 cm³/mol. The van der Waals surface area contributed by atoms with Crippen molar-refractivity contribution in [1.82, 2.24) is 14.8 Å². The van der Waals surface area contributed by atoms with E-state index >= 15 is 0 Å². The number of benzene rings is 1. The van der Waals surface area contributed by atoms with Crippen LogP contribution in [0.25, 0.3) is 0 Å². The molecule has 0 aliphatic rings. The summed E-state index contributed by atoms with van der Waals surface area (Å²) < 4.78 is 36.1. The maximum absolute atomic E-state index is 12.6. The molecule has 0 fully saturated rings. The molecule has 0 atom stereocenters. The van der Waals surface area contributed by atoms with E-state index in [1.165, 1.54) is 14.0 Å². The molecule has 1 amide bonds. The molecular formula is C16H21N3O5S. The number of amides is 1. The second kappa shape index (κ2) is 7.66. The molecule has 2 aromatic rings. The Kier molecular flexibility index (Phi) is 5.81. The first-order chi connectivity index (χ1) is 11.8. The first kappa shape index (κ1) is 18.9. The van der Waals surface area contributed by atoms with Gasteiger partial charge in [0.1, 0.15) is 16.3 Å². The first-order valence-electron chi connectivity index (χ1n) is 7.54. The lowest BCUT2D eigenvalue weighted by Crippen LogP contribution is -2.38. The van der Waals surface area contributed by atoms with Gasteiger partial charge in [-0.3, -0.25) is 4.79 Å². The van der Waals surface area contributed by atoms with Crippen molar-refractivity contribution in [3.05, 3.63) is 41.3 Å². The monoisotopic (exact) mass is 367 g/mol. The summed E-state index contributed by atoms with van der Waals surface area (Å²) in [4.78, 5) is 12.1. The summed E-state index contributed by atoms with van der Waals surface area (Å²) in [7, 11) is -0.948. The Morgan fingerprint density at radius 3 is 2.68 bits per heavy atom. The Morgan fingerprint density at radius 1 is 1.36 bits per heavy atom. The Labute approximate surface area is 146 Å². The summed E-state index contributed by atoms with van der Waals surface area (Å²) >= 11 is 0. The maximum Gasteiger partial charge on any atom is 0.248 e. The molecule has 2 rings (SSSR count). The molecule has 1 aromatic carbocycles. The predicted octanol–water partition coefficient (Wildman–Crippen LogP) is 1.24. The van der Waals surface area contributed by atoms with Crippen LogP contribution in [0.15, 0.2) is 33.7 Å². The molecule has 9 heteroatoms. The zero-order valence-electron chi connectivity index (χ0n) is 14.6. The van der Waals surface area contributed by atoms with Gasteiger partial charge in [0.25, 0.3) is 0 Å². The molecule has 0 unspecified atom stereocenters. The quantitative estimate of drug-likeness (QED) is 0.790. The minimum atomic E-state index is -3.85. The van der Waals surface area contributed by atoms with Crippen LogP contribution in [0.1, 0.15) is 17.0 Å². The largest absolute Gasteiger partial charge is 0.497 e. The Bertz CT molecular complexity index is 841. The molecule has 0 bridgehead atoms. The lowest BCUT2D eigenvalue weighted by atomic mass is 10.2. The molecule has 0 saturated heterocycles. The van der Waals surface area contributed by atoms with Gasteiger partial charge >= 0.3 is 0 Å². The third-order valence-corrected chi connectivity index (χ3v) is 5.67. The van der Waals surface area contributed by atoms with Crippen molar-refractivity contribution in [3.63, 3.8) is 0 Å². The molecule has 0 spiro atoms. The molecule has 1 heterocycles. The van der Waals surface area contributed by atoms with Crippen LogP contribution in [0, 0.1) is 13.8 Å². The molecule has 0 saturated carbocycles. The van der Waals surface area contributed by atoms with Crippen LogP contribution in [0.4, 0.5) is 0 Å². The summed E-state index contributed by atoms with van der Waals surface area (Å²) in [5.74, 6) is 0.464. The summed E-state index contributed by atoms with van der Waals surface area (Å²) in [5, 5.41) is 6.33. The fourth-order valence-corrected chi connectivity index (χ4v) is 3.73. The molecule has 1 aromatic heterocycles. The van der Waals surface area contributed by atoms with Crippen molar-refractivity contribution in [1.29, 1.82) is 0 Å². The number of nitrogens with zero attached hydrogens (tertiary/aromatic N) is 2. The van der Waals surface area contributed by atoms with Crippen LogP contribution in [0.5, 0.6) is 5.75 Å². The molecule has 136 valence electrons. The number of aryl methyl sites for hydroxylation is 2. The molecule has 1 N–H and O–H groups in total. The van der Waals surface area contributed by atoms with Crippen LogP contribution < -0.4 is 10.1 Å². The number of rotatable bonds is 7. The highest BCUT2D eigenvalue weighted by atomic mass is 32.2. The van der Waals surface area contributed by atoms with Gasteiger partial charge in [0.05, 0.1) is 13.7 Å².